The molecular weight excluding hydrogens is 269 g/mol. The van der Waals surface area contributed by atoms with Crippen molar-refractivity contribution in [2.24, 2.45) is 5.92 Å². The first-order chi connectivity index (χ1) is 9.47. The number of amides is 1. The maximum absolute atomic E-state index is 13.0. The number of rotatable bonds is 4. The zero-order valence-electron chi connectivity index (χ0n) is 11.0. The fraction of sp³-hybridized carbons (Fsp3) is 0.500. The van der Waals surface area contributed by atoms with Crippen molar-refractivity contribution >= 4 is 5.91 Å². The summed E-state index contributed by atoms with van der Waals surface area (Å²) in [5.74, 6) is -0.849. The molecule has 1 fully saturated rings. The Labute approximate surface area is 115 Å². The molecule has 0 saturated carbocycles. The summed E-state index contributed by atoms with van der Waals surface area (Å²) in [5.41, 5.74) is 0.475. The molecule has 6 heteroatoms. The van der Waals surface area contributed by atoms with Gasteiger partial charge in [-0.25, -0.2) is 4.90 Å². The van der Waals surface area contributed by atoms with Crippen LogP contribution in [-0.2, 0) is 11.3 Å². The number of hydrogen-bond donors (Lipinski definition) is 1. The van der Waals surface area contributed by atoms with Gasteiger partial charge in [-0.05, 0) is 31.0 Å². The summed E-state index contributed by atoms with van der Waals surface area (Å²) >= 11 is 0. The molecule has 1 aliphatic heterocycles. The first-order valence-electron chi connectivity index (χ1n) is 6.58. The molecule has 110 valence electrons. The van der Waals surface area contributed by atoms with E-state index < -0.39 is 18.8 Å². The van der Waals surface area contributed by atoms with Gasteiger partial charge in [-0.2, -0.15) is 0 Å². The van der Waals surface area contributed by atoms with E-state index >= 15 is 0 Å². The van der Waals surface area contributed by atoms with E-state index in [0.29, 0.717) is 12.1 Å². The fourth-order valence-electron chi connectivity index (χ4n) is 2.33. The summed E-state index contributed by atoms with van der Waals surface area (Å²) < 4.78 is 39.1. The van der Waals surface area contributed by atoms with Gasteiger partial charge in [0, 0.05) is 6.42 Å². The van der Waals surface area contributed by atoms with Crippen LogP contribution in [0, 0.1) is 5.92 Å². The molecular formula is C14H17F3N2O. The second kappa shape index (κ2) is 6.26. The molecule has 2 rings (SSSR count). The Morgan fingerprint density at radius 3 is 2.55 bits per heavy atom. The molecule has 1 amide bonds. The predicted molar refractivity (Wildman–Crippen MR) is 68.6 cm³/mol. The van der Waals surface area contributed by atoms with E-state index in [-0.39, 0.29) is 17.2 Å². The van der Waals surface area contributed by atoms with Crippen molar-refractivity contribution in [3.05, 3.63) is 35.9 Å². The quantitative estimate of drug-likeness (QED) is 0.863. The first-order valence-corrected chi connectivity index (χ1v) is 6.58. The van der Waals surface area contributed by atoms with Gasteiger partial charge in [0.1, 0.15) is 0 Å². The average Bonchev–Trinajstić information content (AvgIpc) is 2.88. The summed E-state index contributed by atoms with van der Waals surface area (Å²) in [7, 11) is 0. The monoisotopic (exact) mass is 286 g/mol. The van der Waals surface area contributed by atoms with E-state index in [1.54, 1.807) is 30.3 Å². The molecule has 20 heavy (non-hydrogen) atoms. The topological polar surface area (TPSA) is 32.3 Å². The molecule has 1 aromatic rings. The highest BCUT2D eigenvalue weighted by molar-refractivity contribution is 5.76. The highest BCUT2D eigenvalue weighted by atomic mass is 19.4. The van der Waals surface area contributed by atoms with Crippen molar-refractivity contribution in [2.45, 2.75) is 25.7 Å². The number of benzene rings is 1. The molecule has 1 heterocycles. The Morgan fingerprint density at radius 2 is 2.00 bits per heavy atom. The maximum Gasteiger partial charge on any atom is 0.487 e. The third kappa shape index (κ3) is 3.96. The molecule has 1 atom stereocenters. The molecule has 1 aliphatic rings. The summed E-state index contributed by atoms with van der Waals surface area (Å²) in [6, 6.07) is 8.23. The second-order valence-corrected chi connectivity index (χ2v) is 5.00. The van der Waals surface area contributed by atoms with Crippen LogP contribution in [0.1, 0.15) is 18.4 Å². The Bertz CT molecular complexity index is 441. The van der Waals surface area contributed by atoms with Gasteiger partial charge in [0.25, 0.3) is 0 Å². The molecule has 1 aromatic carbocycles. The summed E-state index contributed by atoms with van der Waals surface area (Å²) in [6.07, 6.45) is -3.94. The number of alkyl halides is 3. The third-order valence-corrected chi connectivity index (χ3v) is 3.42. The highest BCUT2D eigenvalue weighted by Gasteiger charge is 2.41. The fourth-order valence-corrected chi connectivity index (χ4v) is 2.33. The number of nitrogens with zero attached hydrogens (tertiary/aromatic N) is 1. The van der Waals surface area contributed by atoms with E-state index in [1.165, 1.54) is 0 Å². The van der Waals surface area contributed by atoms with E-state index in [4.69, 9.17) is 0 Å². The molecule has 0 spiro atoms. The normalized spacial score (nSPS) is 19.1. The van der Waals surface area contributed by atoms with Crippen LogP contribution >= 0.6 is 0 Å². The van der Waals surface area contributed by atoms with Crippen LogP contribution in [0.15, 0.2) is 30.3 Å². The van der Waals surface area contributed by atoms with Crippen LogP contribution in [0.4, 0.5) is 13.2 Å². The van der Waals surface area contributed by atoms with Gasteiger partial charge in [-0.1, -0.05) is 30.3 Å². The lowest BCUT2D eigenvalue weighted by Crippen LogP contribution is -2.43. The van der Waals surface area contributed by atoms with Gasteiger partial charge in [0.2, 0.25) is 5.91 Å². The molecule has 0 bridgehead atoms. The van der Waals surface area contributed by atoms with Gasteiger partial charge >= 0.3 is 6.30 Å². The van der Waals surface area contributed by atoms with Gasteiger partial charge < -0.3 is 5.32 Å². The average molecular weight is 286 g/mol. The van der Waals surface area contributed by atoms with Crippen molar-refractivity contribution in [3.63, 3.8) is 0 Å². The molecule has 1 N–H and O–H groups in total. The summed E-state index contributed by atoms with van der Waals surface area (Å²) in [5, 5.41) is 3.05. The first kappa shape index (κ1) is 14.8. The highest BCUT2D eigenvalue weighted by Crippen LogP contribution is 2.26. The van der Waals surface area contributed by atoms with Crippen LogP contribution in [0.3, 0.4) is 0 Å². The molecule has 0 radical (unpaired) electrons. The minimum Gasteiger partial charge on any atom is -0.316 e. The summed E-state index contributed by atoms with van der Waals surface area (Å²) in [6.45, 7) is 0.953. The SMILES string of the molecule is O=C(CC1CCNC1)N(Cc1ccccc1)C(F)(F)F. The van der Waals surface area contributed by atoms with Crippen molar-refractivity contribution < 1.29 is 18.0 Å². The van der Waals surface area contributed by atoms with Gasteiger partial charge in [0.05, 0.1) is 6.54 Å². The van der Waals surface area contributed by atoms with Crippen molar-refractivity contribution in [3.8, 4) is 0 Å². The van der Waals surface area contributed by atoms with Crippen molar-refractivity contribution in [1.82, 2.24) is 10.2 Å². The Hall–Kier alpha value is -1.56. The number of carbonyl (C=O) groups is 1. The van der Waals surface area contributed by atoms with Gasteiger partial charge in [-0.15, -0.1) is 13.2 Å². The molecule has 0 aromatic heterocycles. The van der Waals surface area contributed by atoms with Crippen molar-refractivity contribution in [1.29, 1.82) is 0 Å². The zero-order valence-corrected chi connectivity index (χ0v) is 11.0. The van der Waals surface area contributed by atoms with Crippen LogP contribution in [0.2, 0.25) is 0 Å². The van der Waals surface area contributed by atoms with Gasteiger partial charge in [-0.3, -0.25) is 4.79 Å². The van der Waals surface area contributed by atoms with E-state index in [0.717, 1.165) is 13.0 Å². The minimum atomic E-state index is -4.64. The smallest absolute Gasteiger partial charge is 0.316 e. The number of hydrogen-bond acceptors (Lipinski definition) is 2. The Balaban J connectivity index is 2.05. The van der Waals surface area contributed by atoms with E-state index in [1.807, 2.05) is 0 Å². The van der Waals surface area contributed by atoms with Crippen molar-refractivity contribution in [2.75, 3.05) is 13.1 Å². The molecule has 3 nitrogen and oxygen atoms in total. The zero-order chi connectivity index (χ0) is 14.6. The summed E-state index contributed by atoms with van der Waals surface area (Å²) in [4.78, 5) is 11.9. The van der Waals surface area contributed by atoms with Crippen LogP contribution in [0.25, 0.3) is 0 Å². The second-order valence-electron chi connectivity index (χ2n) is 5.00. The number of carbonyl (C=O) groups excluding carboxylic acids is 1. The lowest BCUT2D eigenvalue weighted by atomic mass is 10.0. The number of halogens is 3. The van der Waals surface area contributed by atoms with Crippen LogP contribution < -0.4 is 5.32 Å². The van der Waals surface area contributed by atoms with E-state index in [9.17, 15) is 18.0 Å². The predicted octanol–water partition coefficient (Wildman–Crippen LogP) is 2.53. The Kier molecular flexibility index (Phi) is 4.65. The van der Waals surface area contributed by atoms with Crippen LogP contribution in [-0.4, -0.2) is 30.2 Å². The molecule has 1 unspecified atom stereocenters. The third-order valence-electron chi connectivity index (χ3n) is 3.42. The lowest BCUT2D eigenvalue weighted by molar-refractivity contribution is -0.244. The van der Waals surface area contributed by atoms with E-state index in [2.05, 4.69) is 5.32 Å². The molecule has 1 saturated heterocycles. The van der Waals surface area contributed by atoms with Gasteiger partial charge in [0.15, 0.2) is 0 Å². The Morgan fingerprint density at radius 1 is 1.30 bits per heavy atom. The largest absolute Gasteiger partial charge is 0.487 e. The maximum atomic E-state index is 13.0. The molecule has 0 aliphatic carbocycles. The standard InChI is InChI=1S/C14H17F3N2O/c15-14(16,17)19(10-11-4-2-1-3-5-11)13(20)8-12-6-7-18-9-12/h1-5,12,18H,6-10H2. The minimum absolute atomic E-state index is 0.00289. The number of nitrogens with one attached hydrogen (secondary N) is 1. The van der Waals surface area contributed by atoms with Crippen LogP contribution in [0.5, 0.6) is 0 Å². The lowest BCUT2D eigenvalue weighted by Gasteiger charge is -2.26.